The van der Waals surface area contributed by atoms with Crippen LogP contribution in [0.3, 0.4) is 0 Å². The third kappa shape index (κ3) is 4.07. The van der Waals surface area contributed by atoms with Crippen LogP contribution in [0.1, 0.15) is 27.6 Å². The lowest BCUT2D eigenvalue weighted by Gasteiger charge is -2.13. The van der Waals surface area contributed by atoms with Gasteiger partial charge >= 0.3 is 5.97 Å². The van der Waals surface area contributed by atoms with Crippen molar-refractivity contribution in [3.05, 3.63) is 55.6 Å². The predicted molar refractivity (Wildman–Crippen MR) is 94.8 cm³/mol. The number of carbonyl (C=O) groups excluding carboxylic acids is 2. The molecule has 114 valence electrons. The minimum atomic E-state index is -0.487. The molecule has 0 saturated heterocycles. The monoisotopic (exact) mass is 474 g/mol. The molecule has 6 heteroatoms. The van der Waals surface area contributed by atoms with Crippen molar-refractivity contribution in [3.8, 4) is 11.5 Å². The van der Waals surface area contributed by atoms with Gasteiger partial charge in [-0.1, -0.05) is 22.0 Å². The second-order valence-electron chi connectivity index (χ2n) is 4.28. The molecule has 4 nitrogen and oxygen atoms in total. The molecular weight excluding hydrogens is 463 g/mol. The fourth-order valence-electron chi connectivity index (χ4n) is 1.79. The molecule has 2 aromatic carbocycles. The average Bonchev–Trinajstić information content (AvgIpc) is 2.50. The molecule has 0 radical (unpaired) electrons. The normalized spacial score (nSPS) is 10.1. The van der Waals surface area contributed by atoms with E-state index >= 15 is 0 Å². The number of hydrogen-bond acceptors (Lipinski definition) is 4. The summed E-state index contributed by atoms with van der Waals surface area (Å²) in [6.07, 6.45) is 0.727. The second-order valence-corrected chi connectivity index (χ2v) is 6.36. The first-order chi connectivity index (χ1) is 10.5. The summed E-state index contributed by atoms with van der Waals surface area (Å²) in [7, 11) is 0. The van der Waals surface area contributed by atoms with Crippen LogP contribution in [0.15, 0.2) is 40.9 Å². The van der Waals surface area contributed by atoms with Gasteiger partial charge in [0.1, 0.15) is 6.29 Å². The summed E-state index contributed by atoms with van der Waals surface area (Å²) >= 11 is 5.32. The van der Waals surface area contributed by atoms with Gasteiger partial charge in [0, 0.05) is 10.0 Å². The standard InChI is InChI=1S/C16H12BrIO4/c1-2-21-14-7-10(9-19)6-13(18)15(14)22-16(20)11-4-3-5-12(17)8-11/h3-9H,2H2,1H3. The summed E-state index contributed by atoms with van der Waals surface area (Å²) in [5, 5.41) is 0. The zero-order valence-corrected chi connectivity index (χ0v) is 15.4. The molecule has 2 rings (SSSR count). The summed E-state index contributed by atoms with van der Waals surface area (Å²) in [5.74, 6) is 0.205. The topological polar surface area (TPSA) is 52.6 Å². The van der Waals surface area contributed by atoms with Crippen molar-refractivity contribution in [3.63, 3.8) is 0 Å². The minimum absolute atomic E-state index is 0.318. The van der Waals surface area contributed by atoms with Crippen molar-refractivity contribution < 1.29 is 19.1 Å². The van der Waals surface area contributed by atoms with Crippen LogP contribution in [-0.4, -0.2) is 18.9 Å². The molecular formula is C16H12BrIO4. The highest BCUT2D eigenvalue weighted by atomic mass is 127. The predicted octanol–water partition coefficient (Wildman–Crippen LogP) is 4.48. The van der Waals surface area contributed by atoms with E-state index in [1.54, 1.807) is 30.3 Å². The number of esters is 1. The van der Waals surface area contributed by atoms with Crippen molar-refractivity contribution in [2.45, 2.75) is 6.92 Å². The van der Waals surface area contributed by atoms with E-state index in [1.165, 1.54) is 0 Å². The lowest BCUT2D eigenvalue weighted by atomic mass is 10.2. The van der Waals surface area contributed by atoms with E-state index in [1.807, 2.05) is 35.6 Å². The van der Waals surface area contributed by atoms with Gasteiger partial charge in [-0.05, 0) is 59.8 Å². The van der Waals surface area contributed by atoms with E-state index in [4.69, 9.17) is 9.47 Å². The first-order valence-corrected chi connectivity index (χ1v) is 8.31. The Morgan fingerprint density at radius 2 is 2.09 bits per heavy atom. The maximum absolute atomic E-state index is 12.3. The molecule has 0 aliphatic heterocycles. The van der Waals surface area contributed by atoms with E-state index in [0.29, 0.717) is 32.8 Å². The summed E-state index contributed by atoms with van der Waals surface area (Å²) < 4.78 is 12.4. The molecule has 0 aliphatic carbocycles. The van der Waals surface area contributed by atoms with Crippen LogP contribution in [0.5, 0.6) is 11.5 Å². The molecule has 0 amide bonds. The highest BCUT2D eigenvalue weighted by Gasteiger charge is 2.17. The first-order valence-electron chi connectivity index (χ1n) is 6.44. The molecule has 0 aliphatic rings. The SMILES string of the molecule is CCOc1cc(C=O)cc(I)c1OC(=O)c1cccc(Br)c1. The Morgan fingerprint density at radius 3 is 2.73 bits per heavy atom. The Labute approximate surface area is 150 Å². The average molecular weight is 475 g/mol. The van der Waals surface area contributed by atoms with Gasteiger partial charge in [0.15, 0.2) is 11.5 Å². The quantitative estimate of drug-likeness (QED) is 0.277. The number of ether oxygens (including phenoxy) is 2. The van der Waals surface area contributed by atoms with E-state index < -0.39 is 5.97 Å². The largest absolute Gasteiger partial charge is 0.490 e. The smallest absolute Gasteiger partial charge is 0.343 e. The fourth-order valence-corrected chi connectivity index (χ4v) is 2.92. The molecule has 2 aromatic rings. The van der Waals surface area contributed by atoms with Crippen LogP contribution in [-0.2, 0) is 0 Å². The van der Waals surface area contributed by atoms with Gasteiger partial charge in [-0.15, -0.1) is 0 Å². The van der Waals surface area contributed by atoms with Gasteiger partial charge < -0.3 is 9.47 Å². The van der Waals surface area contributed by atoms with Crippen LogP contribution in [0.4, 0.5) is 0 Å². The Hall–Kier alpha value is -1.41. The highest BCUT2D eigenvalue weighted by molar-refractivity contribution is 14.1. The van der Waals surface area contributed by atoms with Crippen LogP contribution in [0, 0.1) is 3.57 Å². The van der Waals surface area contributed by atoms with Gasteiger partial charge in [-0.3, -0.25) is 4.79 Å². The molecule has 0 heterocycles. The maximum atomic E-state index is 12.3. The molecule has 0 N–H and O–H groups in total. The summed E-state index contributed by atoms with van der Waals surface area (Å²) in [5.41, 5.74) is 0.891. The number of halogens is 2. The van der Waals surface area contributed by atoms with Gasteiger partial charge in [-0.25, -0.2) is 4.79 Å². The lowest BCUT2D eigenvalue weighted by Crippen LogP contribution is -2.11. The van der Waals surface area contributed by atoms with Crippen molar-refractivity contribution in [2.75, 3.05) is 6.61 Å². The molecule has 0 bridgehead atoms. The zero-order valence-electron chi connectivity index (χ0n) is 11.6. The van der Waals surface area contributed by atoms with Crippen molar-refractivity contribution in [2.24, 2.45) is 0 Å². The summed E-state index contributed by atoms with van der Waals surface area (Å²) in [6, 6.07) is 10.1. The van der Waals surface area contributed by atoms with Crippen molar-refractivity contribution >= 4 is 50.8 Å². The van der Waals surface area contributed by atoms with Crippen LogP contribution in [0.2, 0.25) is 0 Å². The summed E-state index contributed by atoms with van der Waals surface area (Å²) in [4.78, 5) is 23.2. The van der Waals surface area contributed by atoms with E-state index in [9.17, 15) is 9.59 Å². The number of aldehydes is 1. The molecule has 22 heavy (non-hydrogen) atoms. The van der Waals surface area contributed by atoms with Gasteiger partial charge in [0.05, 0.1) is 15.7 Å². The van der Waals surface area contributed by atoms with Gasteiger partial charge in [0.2, 0.25) is 0 Å². The minimum Gasteiger partial charge on any atom is -0.490 e. The van der Waals surface area contributed by atoms with Gasteiger partial charge in [-0.2, -0.15) is 0 Å². The lowest BCUT2D eigenvalue weighted by molar-refractivity contribution is 0.0727. The van der Waals surface area contributed by atoms with Crippen LogP contribution >= 0.6 is 38.5 Å². The maximum Gasteiger partial charge on any atom is 0.343 e. The third-order valence-electron chi connectivity index (χ3n) is 2.72. The molecule has 0 unspecified atom stereocenters. The zero-order chi connectivity index (χ0) is 16.1. The molecule has 0 aromatic heterocycles. The number of rotatable bonds is 5. The molecule has 0 saturated carbocycles. The fraction of sp³-hybridized carbons (Fsp3) is 0.125. The van der Waals surface area contributed by atoms with Crippen LogP contribution in [0.25, 0.3) is 0 Å². The highest BCUT2D eigenvalue weighted by Crippen LogP contribution is 2.34. The van der Waals surface area contributed by atoms with Gasteiger partial charge in [0.25, 0.3) is 0 Å². The van der Waals surface area contributed by atoms with Crippen LogP contribution < -0.4 is 9.47 Å². The molecule has 0 spiro atoms. The Morgan fingerprint density at radius 1 is 1.32 bits per heavy atom. The molecule has 0 atom stereocenters. The Bertz CT molecular complexity index is 715. The van der Waals surface area contributed by atoms with E-state index in [-0.39, 0.29) is 0 Å². The first kappa shape index (κ1) is 17.0. The molecule has 0 fully saturated rings. The Balaban J connectivity index is 2.35. The number of hydrogen-bond donors (Lipinski definition) is 0. The Kier molecular flexibility index (Phi) is 5.96. The summed E-state index contributed by atoms with van der Waals surface area (Å²) in [6.45, 7) is 2.22. The number of benzene rings is 2. The third-order valence-corrected chi connectivity index (χ3v) is 4.02. The number of carbonyl (C=O) groups is 2. The van der Waals surface area contributed by atoms with Crippen molar-refractivity contribution in [1.82, 2.24) is 0 Å². The van der Waals surface area contributed by atoms with E-state index in [2.05, 4.69) is 15.9 Å². The van der Waals surface area contributed by atoms with Crippen molar-refractivity contribution in [1.29, 1.82) is 0 Å². The van der Waals surface area contributed by atoms with E-state index in [0.717, 1.165) is 10.8 Å². The second kappa shape index (κ2) is 7.73.